The van der Waals surface area contributed by atoms with Gasteiger partial charge in [-0.2, -0.15) is 0 Å². The Labute approximate surface area is 110 Å². The second-order valence-electron chi connectivity index (χ2n) is 6.53. The summed E-state index contributed by atoms with van der Waals surface area (Å²) < 4.78 is 6.17. The van der Waals surface area contributed by atoms with Gasteiger partial charge in [0.1, 0.15) is 0 Å². The predicted molar refractivity (Wildman–Crippen MR) is 71.6 cm³/mol. The highest BCUT2D eigenvalue weighted by molar-refractivity contribution is 4.93. The first-order chi connectivity index (χ1) is 8.77. The Morgan fingerprint density at radius 1 is 1.06 bits per heavy atom. The van der Waals surface area contributed by atoms with Crippen LogP contribution in [-0.4, -0.2) is 47.4 Å². The van der Waals surface area contributed by atoms with E-state index in [0.717, 1.165) is 32.4 Å². The highest BCUT2D eigenvalue weighted by Crippen LogP contribution is 2.40. The van der Waals surface area contributed by atoms with Crippen molar-refractivity contribution >= 4 is 0 Å². The maximum absolute atomic E-state index is 9.84. The molecule has 2 heterocycles. The van der Waals surface area contributed by atoms with Crippen molar-refractivity contribution in [1.82, 2.24) is 4.90 Å². The van der Waals surface area contributed by atoms with Crippen molar-refractivity contribution in [1.29, 1.82) is 0 Å². The smallest absolute Gasteiger partial charge is 0.0697 e. The van der Waals surface area contributed by atoms with Gasteiger partial charge in [0.05, 0.1) is 11.7 Å². The first-order valence-electron chi connectivity index (χ1n) is 7.84. The van der Waals surface area contributed by atoms with Crippen LogP contribution in [0.15, 0.2) is 0 Å². The van der Waals surface area contributed by atoms with Gasteiger partial charge in [0.2, 0.25) is 0 Å². The van der Waals surface area contributed by atoms with Gasteiger partial charge in [0.25, 0.3) is 0 Å². The van der Waals surface area contributed by atoms with Crippen molar-refractivity contribution in [3.8, 4) is 0 Å². The fraction of sp³-hybridized carbons (Fsp3) is 1.00. The molecule has 0 amide bonds. The number of hydrogen-bond donors (Lipinski definition) is 1. The first-order valence-corrected chi connectivity index (χ1v) is 7.84. The summed E-state index contributed by atoms with van der Waals surface area (Å²) in [5.41, 5.74) is 0.198. The van der Waals surface area contributed by atoms with E-state index >= 15 is 0 Å². The minimum atomic E-state index is -0.0936. The molecule has 2 atom stereocenters. The first kappa shape index (κ1) is 12.9. The van der Waals surface area contributed by atoms with Crippen molar-refractivity contribution in [2.75, 3.05) is 19.7 Å². The van der Waals surface area contributed by atoms with Crippen LogP contribution in [0.5, 0.6) is 0 Å². The number of piperidine rings is 1. The van der Waals surface area contributed by atoms with E-state index < -0.39 is 0 Å². The van der Waals surface area contributed by atoms with Gasteiger partial charge in [-0.25, -0.2) is 0 Å². The highest BCUT2D eigenvalue weighted by atomic mass is 16.5. The quantitative estimate of drug-likeness (QED) is 0.778. The molecule has 18 heavy (non-hydrogen) atoms. The SMILES string of the molecule is O[C@H]1CCCN(C2CCOC3(CCCCC3)C2)C1. The normalized spacial score (nSPS) is 37.8. The fourth-order valence-corrected chi connectivity index (χ4v) is 4.17. The molecule has 0 aromatic heterocycles. The van der Waals surface area contributed by atoms with E-state index in [1.807, 2.05) is 0 Å². The maximum atomic E-state index is 9.84. The lowest BCUT2D eigenvalue weighted by atomic mass is 9.77. The Morgan fingerprint density at radius 3 is 2.67 bits per heavy atom. The van der Waals surface area contributed by atoms with E-state index in [4.69, 9.17) is 4.74 Å². The average molecular weight is 253 g/mol. The zero-order valence-electron chi connectivity index (χ0n) is 11.4. The molecule has 2 saturated heterocycles. The largest absolute Gasteiger partial charge is 0.392 e. The number of aliphatic hydroxyl groups is 1. The third-order valence-corrected chi connectivity index (χ3v) is 5.18. The van der Waals surface area contributed by atoms with Gasteiger partial charge in [-0.3, -0.25) is 4.90 Å². The third-order valence-electron chi connectivity index (χ3n) is 5.18. The monoisotopic (exact) mass is 253 g/mol. The summed E-state index contributed by atoms with van der Waals surface area (Å²) in [7, 11) is 0. The van der Waals surface area contributed by atoms with Crippen LogP contribution in [0.1, 0.15) is 57.8 Å². The number of rotatable bonds is 1. The van der Waals surface area contributed by atoms with E-state index in [1.165, 1.54) is 45.1 Å². The van der Waals surface area contributed by atoms with Crippen molar-refractivity contribution in [3.05, 3.63) is 0 Å². The summed E-state index contributed by atoms with van der Waals surface area (Å²) >= 11 is 0. The molecule has 1 saturated carbocycles. The number of β-amino-alcohol motifs (C(OH)–C–C–N with tert-alkyl or cyclic N) is 1. The summed E-state index contributed by atoms with van der Waals surface area (Å²) in [6.45, 7) is 3.00. The van der Waals surface area contributed by atoms with Gasteiger partial charge in [0.15, 0.2) is 0 Å². The van der Waals surface area contributed by atoms with Crippen LogP contribution >= 0.6 is 0 Å². The van der Waals surface area contributed by atoms with Crippen molar-refractivity contribution in [2.24, 2.45) is 0 Å². The second-order valence-corrected chi connectivity index (χ2v) is 6.53. The van der Waals surface area contributed by atoms with Gasteiger partial charge in [0, 0.05) is 19.2 Å². The molecule has 1 unspecified atom stereocenters. The summed E-state index contributed by atoms with van der Waals surface area (Å²) in [6.07, 6.45) is 11.0. The maximum Gasteiger partial charge on any atom is 0.0697 e. The van der Waals surface area contributed by atoms with Crippen LogP contribution in [0.4, 0.5) is 0 Å². The zero-order valence-corrected chi connectivity index (χ0v) is 11.4. The van der Waals surface area contributed by atoms with Crippen molar-refractivity contribution < 1.29 is 9.84 Å². The highest BCUT2D eigenvalue weighted by Gasteiger charge is 2.40. The molecule has 3 rings (SSSR count). The second kappa shape index (κ2) is 5.48. The molecule has 1 N–H and O–H groups in total. The summed E-state index contributed by atoms with van der Waals surface area (Å²) in [6, 6.07) is 0.659. The van der Waals surface area contributed by atoms with E-state index in [9.17, 15) is 5.11 Å². The molecule has 1 aliphatic carbocycles. The van der Waals surface area contributed by atoms with Gasteiger partial charge < -0.3 is 9.84 Å². The molecule has 1 spiro atoms. The van der Waals surface area contributed by atoms with Gasteiger partial charge in [-0.05, 0) is 45.1 Å². The molecule has 104 valence electrons. The molecule has 3 heteroatoms. The third kappa shape index (κ3) is 2.73. The Hall–Kier alpha value is -0.120. The molecule has 3 aliphatic rings. The lowest BCUT2D eigenvalue weighted by Crippen LogP contribution is -2.52. The zero-order chi connectivity index (χ0) is 12.4. The molecule has 3 fully saturated rings. The van der Waals surface area contributed by atoms with Crippen LogP contribution in [0, 0.1) is 0 Å². The van der Waals surface area contributed by atoms with Crippen LogP contribution in [-0.2, 0) is 4.74 Å². The number of likely N-dealkylation sites (tertiary alicyclic amines) is 1. The number of ether oxygens (including phenoxy) is 1. The molecule has 3 nitrogen and oxygen atoms in total. The minimum Gasteiger partial charge on any atom is -0.392 e. The molecule has 0 aromatic carbocycles. The number of nitrogens with zero attached hydrogens (tertiary/aromatic N) is 1. The van der Waals surface area contributed by atoms with Crippen molar-refractivity contribution in [2.45, 2.75) is 75.5 Å². The Morgan fingerprint density at radius 2 is 1.89 bits per heavy atom. The Bertz CT molecular complexity index is 270. The fourth-order valence-electron chi connectivity index (χ4n) is 4.17. The van der Waals surface area contributed by atoms with Gasteiger partial charge in [-0.15, -0.1) is 0 Å². The predicted octanol–water partition coefficient (Wildman–Crippen LogP) is 2.33. The lowest BCUT2D eigenvalue weighted by Gasteiger charge is -2.47. The van der Waals surface area contributed by atoms with Crippen LogP contribution in [0.2, 0.25) is 0 Å². The average Bonchev–Trinajstić information content (AvgIpc) is 2.40. The summed E-state index contributed by atoms with van der Waals surface area (Å²) in [5, 5.41) is 9.84. The number of aliphatic hydroxyl groups excluding tert-OH is 1. The molecule has 0 radical (unpaired) electrons. The van der Waals surface area contributed by atoms with E-state index in [0.29, 0.717) is 6.04 Å². The molecule has 2 aliphatic heterocycles. The van der Waals surface area contributed by atoms with E-state index in [2.05, 4.69) is 4.90 Å². The molecule has 0 aromatic rings. The summed E-state index contributed by atoms with van der Waals surface area (Å²) in [5.74, 6) is 0. The lowest BCUT2D eigenvalue weighted by molar-refractivity contribution is -0.129. The van der Waals surface area contributed by atoms with E-state index in [-0.39, 0.29) is 11.7 Å². The minimum absolute atomic E-state index is 0.0936. The van der Waals surface area contributed by atoms with Crippen LogP contribution in [0.3, 0.4) is 0 Å². The van der Waals surface area contributed by atoms with Gasteiger partial charge in [-0.1, -0.05) is 19.3 Å². The molecular formula is C15H27NO2. The van der Waals surface area contributed by atoms with Crippen LogP contribution < -0.4 is 0 Å². The molecule has 0 bridgehead atoms. The van der Waals surface area contributed by atoms with Crippen molar-refractivity contribution in [3.63, 3.8) is 0 Å². The van der Waals surface area contributed by atoms with Gasteiger partial charge >= 0.3 is 0 Å². The summed E-state index contributed by atoms with van der Waals surface area (Å²) in [4.78, 5) is 2.53. The standard InChI is InChI=1S/C15H27NO2/c17-14-5-4-9-16(12-14)13-6-10-18-15(11-13)7-2-1-3-8-15/h13-14,17H,1-12H2/t13?,14-/m0/s1. The van der Waals surface area contributed by atoms with E-state index in [1.54, 1.807) is 0 Å². The van der Waals surface area contributed by atoms with Crippen LogP contribution in [0.25, 0.3) is 0 Å². The Kier molecular flexibility index (Phi) is 3.92. The number of hydrogen-bond acceptors (Lipinski definition) is 3. The Balaban J connectivity index is 1.62. The molecular weight excluding hydrogens is 226 g/mol. The topological polar surface area (TPSA) is 32.7 Å².